The molecule has 0 bridgehead atoms. The van der Waals surface area contributed by atoms with Crippen LogP contribution in [-0.4, -0.2) is 51.1 Å². The van der Waals surface area contributed by atoms with Crippen LogP contribution < -0.4 is 0 Å². The van der Waals surface area contributed by atoms with Crippen molar-refractivity contribution in [1.29, 1.82) is 0 Å². The van der Waals surface area contributed by atoms with Gasteiger partial charge in [0.1, 0.15) is 0 Å². The summed E-state index contributed by atoms with van der Waals surface area (Å²) in [6.07, 6.45) is 0. The molecule has 1 aromatic carbocycles. The molecule has 0 aliphatic carbocycles. The Labute approximate surface area is 167 Å². The number of carbonyl (C=O) groups is 4. The van der Waals surface area contributed by atoms with Crippen LogP contribution in [0, 0.1) is 13.8 Å². The Morgan fingerprint density at radius 3 is 2.29 bits per heavy atom. The van der Waals surface area contributed by atoms with Gasteiger partial charge in [0.25, 0.3) is 0 Å². The number of aryl methyl sites for hydroxylation is 1. The number of imide groups is 2. The number of likely N-dealkylation sites (N-methyl/N-ethyl adjacent to an activating group) is 1. The number of rotatable bonds is 6. The van der Waals surface area contributed by atoms with Crippen LogP contribution in [0.4, 0.5) is 4.79 Å². The molecule has 1 aliphatic rings. The minimum Gasteiger partial charge on any atom is -0.344 e. The van der Waals surface area contributed by atoms with Crippen molar-refractivity contribution in [2.24, 2.45) is 0 Å². The van der Waals surface area contributed by atoms with E-state index in [1.165, 1.54) is 0 Å². The molecule has 0 unspecified atom stereocenters. The second-order valence-corrected chi connectivity index (χ2v) is 7.02. The normalized spacial score (nSPS) is 14.4. The van der Waals surface area contributed by atoms with Crippen molar-refractivity contribution < 1.29 is 19.2 Å². The molecular formula is C20H20ClN3O4. The number of carbonyl (C=O) groups excluding carboxylic acids is 4. The van der Waals surface area contributed by atoms with Gasteiger partial charge in [-0.15, -0.1) is 0 Å². The molecule has 0 spiro atoms. The Kier molecular flexibility index (Phi) is 5.38. The van der Waals surface area contributed by atoms with Crippen molar-refractivity contribution in [1.82, 2.24) is 14.4 Å². The first kappa shape index (κ1) is 19.8. The third-order valence-corrected chi connectivity index (χ3v) is 5.28. The minimum absolute atomic E-state index is 0.0838. The van der Waals surface area contributed by atoms with Gasteiger partial charge in [0.05, 0.1) is 6.54 Å². The minimum atomic E-state index is -0.968. The molecule has 2 aromatic rings. The van der Waals surface area contributed by atoms with Crippen LogP contribution in [0.5, 0.6) is 0 Å². The molecule has 2 heterocycles. The van der Waals surface area contributed by atoms with Gasteiger partial charge in [0.2, 0.25) is 0 Å². The molecule has 0 saturated carbocycles. The monoisotopic (exact) mass is 401 g/mol. The number of Topliss-reactive ketones (excluding diaryl/α,β-unsaturated/α-hetero) is 1. The van der Waals surface area contributed by atoms with Gasteiger partial charge in [-0.2, -0.15) is 0 Å². The molecule has 7 nitrogen and oxygen atoms in total. The lowest BCUT2D eigenvalue weighted by atomic mass is 10.1. The topological polar surface area (TPSA) is 79.7 Å². The largest absolute Gasteiger partial charge is 0.344 e. The lowest BCUT2D eigenvalue weighted by Gasteiger charge is -2.14. The first-order valence-electron chi connectivity index (χ1n) is 8.86. The van der Waals surface area contributed by atoms with Crippen molar-refractivity contribution in [3.05, 3.63) is 57.9 Å². The molecule has 0 N–H and O–H groups in total. The summed E-state index contributed by atoms with van der Waals surface area (Å²) in [6.45, 7) is 5.38. The lowest BCUT2D eigenvalue weighted by molar-refractivity contribution is -0.143. The van der Waals surface area contributed by atoms with E-state index in [0.717, 1.165) is 16.2 Å². The standard InChI is InChI=1S/C20H20ClN3O4/c1-4-22-18(26)19(27)24(20(22)28)11-17(25)15-9-12(2)23(13(15)3)10-14-7-5-6-8-16(14)21/h5-9H,4,10-11H2,1-3H3. The van der Waals surface area contributed by atoms with Crippen LogP contribution in [0.15, 0.2) is 30.3 Å². The molecule has 8 heteroatoms. The maximum absolute atomic E-state index is 12.8. The zero-order chi connectivity index (χ0) is 20.6. The second kappa shape index (κ2) is 7.59. The van der Waals surface area contributed by atoms with Gasteiger partial charge in [0, 0.05) is 35.1 Å². The van der Waals surface area contributed by atoms with Crippen molar-refractivity contribution in [3.8, 4) is 0 Å². The Morgan fingerprint density at radius 1 is 1.04 bits per heavy atom. The third-order valence-electron chi connectivity index (χ3n) is 4.91. The van der Waals surface area contributed by atoms with E-state index >= 15 is 0 Å². The van der Waals surface area contributed by atoms with E-state index in [4.69, 9.17) is 11.6 Å². The van der Waals surface area contributed by atoms with E-state index in [-0.39, 0.29) is 6.54 Å². The van der Waals surface area contributed by atoms with Crippen LogP contribution in [-0.2, 0) is 16.1 Å². The van der Waals surface area contributed by atoms with E-state index in [1.807, 2.05) is 29.7 Å². The summed E-state index contributed by atoms with van der Waals surface area (Å²) in [5, 5.41) is 0.634. The van der Waals surface area contributed by atoms with Gasteiger partial charge >= 0.3 is 17.8 Å². The molecule has 28 heavy (non-hydrogen) atoms. The first-order valence-corrected chi connectivity index (χ1v) is 9.24. The number of hydrogen-bond acceptors (Lipinski definition) is 4. The Bertz CT molecular complexity index is 995. The van der Waals surface area contributed by atoms with Gasteiger partial charge < -0.3 is 4.57 Å². The average molecular weight is 402 g/mol. The van der Waals surface area contributed by atoms with Crippen molar-refractivity contribution in [2.45, 2.75) is 27.3 Å². The summed E-state index contributed by atoms with van der Waals surface area (Å²) in [4.78, 5) is 50.4. The highest BCUT2D eigenvalue weighted by Crippen LogP contribution is 2.22. The molecular weight excluding hydrogens is 382 g/mol. The van der Waals surface area contributed by atoms with Gasteiger partial charge in [-0.25, -0.2) is 9.69 Å². The molecule has 0 atom stereocenters. The summed E-state index contributed by atoms with van der Waals surface area (Å²) >= 11 is 6.24. The number of urea groups is 1. The number of hydrogen-bond donors (Lipinski definition) is 0. The van der Waals surface area contributed by atoms with Crippen LogP contribution in [0.1, 0.15) is 34.2 Å². The zero-order valence-corrected chi connectivity index (χ0v) is 16.6. The van der Waals surface area contributed by atoms with Crippen LogP contribution in [0.3, 0.4) is 0 Å². The summed E-state index contributed by atoms with van der Waals surface area (Å²) in [5.41, 5.74) is 2.89. The smallest absolute Gasteiger partial charge is 0.334 e. The predicted molar refractivity (Wildman–Crippen MR) is 103 cm³/mol. The number of halogens is 1. The van der Waals surface area contributed by atoms with E-state index in [0.29, 0.717) is 27.7 Å². The quantitative estimate of drug-likeness (QED) is 0.423. The molecule has 3 rings (SSSR count). The first-order chi connectivity index (χ1) is 13.3. The van der Waals surface area contributed by atoms with Gasteiger partial charge in [-0.1, -0.05) is 29.8 Å². The van der Waals surface area contributed by atoms with Crippen LogP contribution in [0.25, 0.3) is 0 Å². The fourth-order valence-corrected chi connectivity index (χ4v) is 3.52. The van der Waals surface area contributed by atoms with E-state index < -0.39 is 30.2 Å². The van der Waals surface area contributed by atoms with Crippen molar-refractivity contribution in [2.75, 3.05) is 13.1 Å². The molecule has 1 aromatic heterocycles. The Hall–Kier alpha value is -2.93. The van der Waals surface area contributed by atoms with E-state index in [9.17, 15) is 19.2 Å². The van der Waals surface area contributed by atoms with Gasteiger partial charge in [-0.05, 0) is 38.5 Å². The van der Waals surface area contributed by atoms with Gasteiger partial charge in [-0.3, -0.25) is 19.3 Å². The number of benzene rings is 1. The molecule has 146 valence electrons. The lowest BCUT2D eigenvalue weighted by Crippen LogP contribution is -2.37. The fraction of sp³-hybridized carbons (Fsp3) is 0.300. The maximum atomic E-state index is 12.8. The van der Waals surface area contributed by atoms with E-state index in [2.05, 4.69) is 0 Å². The number of ketones is 1. The molecule has 4 amide bonds. The second-order valence-electron chi connectivity index (χ2n) is 6.61. The maximum Gasteiger partial charge on any atom is 0.334 e. The summed E-state index contributed by atoms with van der Waals surface area (Å²) in [5.74, 6) is -2.26. The molecule has 1 aliphatic heterocycles. The highest BCUT2D eigenvalue weighted by atomic mass is 35.5. The summed E-state index contributed by atoms with van der Waals surface area (Å²) in [7, 11) is 0. The molecule has 0 radical (unpaired) electrons. The number of aromatic nitrogens is 1. The van der Waals surface area contributed by atoms with Crippen molar-refractivity contribution in [3.63, 3.8) is 0 Å². The van der Waals surface area contributed by atoms with Gasteiger partial charge in [0.15, 0.2) is 5.78 Å². The van der Waals surface area contributed by atoms with E-state index in [1.54, 1.807) is 26.0 Å². The molecule has 1 saturated heterocycles. The molecule has 1 fully saturated rings. The Morgan fingerprint density at radius 2 is 1.68 bits per heavy atom. The third kappa shape index (κ3) is 3.33. The Balaban J connectivity index is 1.84. The zero-order valence-electron chi connectivity index (χ0n) is 15.9. The highest BCUT2D eigenvalue weighted by Gasteiger charge is 2.44. The summed E-state index contributed by atoms with van der Waals surface area (Å²) in [6, 6.07) is 8.42. The number of amides is 4. The summed E-state index contributed by atoms with van der Waals surface area (Å²) < 4.78 is 1.95. The highest BCUT2D eigenvalue weighted by molar-refractivity contribution is 6.45. The number of nitrogens with zero attached hydrogens (tertiary/aromatic N) is 3. The average Bonchev–Trinajstić information content (AvgIpc) is 3.05. The predicted octanol–water partition coefficient (Wildman–Crippen LogP) is 2.80. The SMILES string of the molecule is CCN1C(=O)C(=O)N(CC(=O)c2cc(C)n(Cc3ccccc3Cl)c2C)C1=O. The van der Waals surface area contributed by atoms with Crippen LogP contribution in [0.2, 0.25) is 5.02 Å². The van der Waals surface area contributed by atoms with Crippen molar-refractivity contribution >= 4 is 35.2 Å². The van der Waals surface area contributed by atoms with Crippen LogP contribution >= 0.6 is 11.6 Å². The fourth-order valence-electron chi connectivity index (χ4n) is 3.32.